The topological polar surface area (TPSA) is 62.1 Å². The fourth-order valence-electron chi connectivity index (χ4n) is 2.61. The Labute approximate surface area is 215 Å². The number of carbonyl (C=O) groups excluding carboxylic acids is 1. The summed E-state index contributed by atoms with van der Waals surface area (Å²) in [4.78, 5) is 12.5. The second-order valence-corrected chi connectivity index (χ2v) is 9.66. The van der Waals surface area contributed by atoms with E-state index < -0.39 is 5.91 Å². The van der Waals surface area contributed by atoms with E-state index in [1.165, 1.54) is 0 Å². The number of halogens is 4. The van der Waals surface area contributed by atoms with Crippen LogP contribution in [0.5, 0.6) is 5.75 Å². The van der Waals surface area contributed by atoms with Gasteiger partial charge in [0.05, 0.1) is 8.04 Å². The van der Waals surface area contributed by atoms with E-state index in [1.807, 2.05) is 48.5 Å². The number of nitrogens with one attached hydrogen (secondary N) is 1. The lowest BCUT2D eigenvalue weighted by Crippen LogP contribution is -2.13. The van der Waals surface area contributed by atoms with Gasteiger partial charge in [0.2, 0.25) is 0 Å². The van der Waals surface area contributed by atoms with Crippen molar-refractivity contribution in [1.29, 1.82) is 5.26 Å². The van der Waals surface area contributed by atoms with E-state index >= 15 is 0 Å². The van der Waals surface area contributed by atoms with Crippen molar-refractivity contribution in [2.24, 2.45) is 0 Å². The molecule has 0 spiro atoms. The molecule has 0 aliphatic heterocycles. The van der Waals surface area contributed by atoms with Gasteiger partial charge in [-0.2, -0.15) is 5.26 Å². The maximum Gasteiger partial charge on any atom is 0.266 e. The molecular formula is C23H14Br2ClIN2O2. The molecule has 0 bridgehead atoms. The quantitative estimate of drug-likeness (QED) is 0.167. The lowest BCUT2D eigenvalue weighted by molar-refractivity contribution is -0.112. The van der Waals surface area contributed by atoms with Gasteiger partial charge < -0.3 is 10.1 Å². The van der Waals surface area contributed by atoms with E-state index in [-0.39, 0.29) is 5.57 Å². The van der Waals surface area contributed by atoms with E-state index in [9.17, 15) is 10.1 Å². The van der Waals surface area contributed by atoms with Crippen LogP contribution in [-0.2, 0) is 11.4 Å². The first-order valence-corrected chi connectivity index (χ1v) is 12.0. The molecule has 0 radical (unpaired) electrons. The molecule has 156 valence electrons. The van der Waals surface area contributed by atoms with Crippen LogP contribution in [0.25, 0.3) is 6.08 Å². The maximum atomic E-state index is 12.5. The fraction of sp³-hybridized carbons (Fsp3) is 0.0435. The fourth-order valence-corrected chi connectivity index (χ4v) is 4.84. The van der Waals surface area contributed by atoms with Crippen LogP contribution < -0.4 is 10.1 Å². The molecule has 4 nitrogen and oxygen atoms in total. The van der Waals surface area contributed by atoms with Gasteiger partial charge in [0.1, 0.15) is 24.0 Å². The van der Waals surface area contributed by atoms with Gasteiger partial charge in [0, 0.05) is 20.7 Å². The van der Waals surface area contributed by atoms with E-state index in [0.717, 1.165) is 13.6 Å². The van der Waals surface area contributed by atoms with Crippen molar-refractivity contribution in [1.82, 2.24) is 0 Å². The highest BCUT2D eigenvalue weighted by molar-refractivity contribution is 14.1. The first kappa shape index (κ1) is 23.8. The molecule has 1 N–H and O–H groups in total. The minimum Gasteiger partial charge on any atom is -0.487 e. The van der Waals surface area contributed by atoms with Crippen LogP contribution in [-0.4, -0.2) is 5.91 Å². The van der Waals surface area contributed by atoms with Gasteiger partial charge in [-0.25, -0.2) is 0 Å². The number of rotatable bonds is 6. The van der Waals surface area contributed by atoms with Gasteiger partial charge in [-0.15, -0.1) is 0 Å². The Kier molecular flexibility index (Phi) is 8.55. The zero-order valence-corrected chi connectivity index (χ0v) is 21.9. The second kappa shape index (κ2) is 11.1. The SMILES string of the molecule is N#C/C(=C/c1cc(Br)c(OCc2ccccc2Cl)c(I)c1)C(=O)Nc1ccc(Br)cc1. The highest BCUT2D eigenvalue weighted by Crippen LogP contribution is 2.34. The monoisotopic (exact) mass is 670 g/mol. The van der Waals surface area contributed by atoms with Crippen LogP contribution in [0.2, 0.25) is 5.02 Å². The summed E-state index contributed by atoms with van der Waals surface area (Å²) in [6.45, 7) is 0.322. The Morgan fingerprint density at radius 1 is 1.16 bits per heavy atom. The van der Waals surface area contributed by atoms with Crippen molar-refractivity contribution in [2.75, 3.05) is 5.32 Å². The van der Waals surface area contributed by atoms with Gasteiger partial charge in [-0.1, -0.05) is 45.7 Å². The molecule has 1 amide bonds. The summed E-state index contributed by atoms with van der Waals surface area (Å²) in [6.07, 6.45) is 1.54. The molecular weight excluding hydrogens is 658 g/mol. The second-order valence-electron chi connectivity index (χ2n) is 6.32. The summed E-state index contributed by atoms with van der Waals surface area (Å²) in [5.74, 6) is 0.186. The highest BCUT2D eigenvalue weighted by atomic mass is 127. The maximum absolute atomic E-state index is 12.5. The molecule has 0 aliphatic carbocycles. The molecule has 31 heavy (non-hydrogen) atoms. The van der Waals surface area contributed by atoms with Crippen molar-refractivity contribution >= 4 is 83.7 Å². The third-order valence-corrected chi connectivity index (χ3v) is 6.42. The third kappa shape index (κ3) is 6.56. The zero-order valence-electron chi connectivity index (χ0n) is 15.8. The molecule has 3 rings (SSSR count). The number of nitriles is 1. The van der Waals surface area contributed by atoms with Gasteiger partial charge in [-0.3, -0.25) is 4.79 Å². The van der Waals surface area contributed by atoms with Gasteiger partial charge >= 0.3 is 0 Å². The molecule has 3 aromatic rings. The van der Waals surface area contributed by atoms with Crippen LogP contribution >= 0.6 is 66.1 Å². The highest BCUT2D eigenvalue weighted by Gasteiger charge is 2.13. The molecule has 0 aromatic heterocycles. The minimum absolute atomic E-state index is 0.00430. The average Bonchev–Trinajstić information content (AvgIpc) is 2.74. The van der Waals surface area contributed by atoms with E-state index in [2.05, 4.69) is 59.8 Å². The van der Waals surface area contributed by atoms with Gasteiger partial charge in [0.15, 0.2) is 0 Å². The van der Waals surface area contributed by atoms with Crippen LogP contribution in [0.1, 0.15) is 11.1 Å². The number of amides is 1. The number of hydrogen-bond donors (Lipinski definition) is 1. The van der Waals surface area contributed by atoms with Gasteiger partial charge in [0.25, 0.3) is 5.91 Å². The molecule has 0 saturated heterocycles. The van der Waals surface area contributed by atoms with Crippen molar-refractivity contribution in [3.8, 4) is 11.8 Å². The first-order valence-electron chi connectivity index (χ1n) is 8.91. The molecule has 0 fully saturated rings. The zero-order chi connectivity index (χ0) is 22.4. The Balaban J connectivity index is 1.77. The molecule has 8 heteroatoms. The molecule has 0 aliphatic rings. The predicted molar refractivity (Wildman–Crippen MR) is 139 cm³/mol. The minimum atomic E-state index is -0.477. The Hall–Kier alpha value is -1.86. The lowest BCUT2D eigenvalue weighted by atomic mass is 10.1. The van der Waals surface area contributed by atoms with E-state index in [0.29, 0.717) is 33.1 Å². The number of benzene rings is 3. The number of ether oxygens (including phenoxy) is 1. The summed E-state index contributed by atoms with van der Waals surface area (Å²) >= 11 is 15.2. The molecule has 0 atom stereocenters. The summed E-state index contributed by atoms with van der Waals surface area (Å²) in [5, 5.41) is 12.8. The van der Waals surface area contributed by atoms with Crippen LogP contribution in [0.4, 0.5) is 5.69 Å². The summed E-state index contributed by atoms with van der Waals surface area (Å²) in [5.41, 5.74) is 2.18. The van der Waals surface area contributed by atoms with Crippen LogP contribution in [0, 0.1) is 14.9 Å². The largest absolute Gasteiger partial charge is 0.487 e. The summed E-state index contributed by atoms with van der Waals surface area (Å²) in [6, 6.07) is 20.2. The number of anilines is 1. The van der Waals surface area contributed by atoms with Crippen molar-refractivity contribution in [2.45, 2.75) is 6.61 Å². The summed E-state index contributed by atoms with van der Waals surface area (Å²) in [7, 11) is 0. The Bertz CT molecular complexity index is 1170. The van der Waals surface area contributed by atoms with E-state index in [1.54, 1.807) is 24.3 Å². The van der Waals surface area contributed by atoms with Crippen LogP contribution in [0.15, 0.2) is 75.2 Å². The van der Waals surface area contributed by atoms with E-state index in [4.69, 9.17) is 16.3 Å². The lowest BCUT2D eigenvalue weighted by Gasteiger charge is -2.12. The van der Waals surface area contributed by atoms with Crippen molar-refractivity contribution < 1.29 is 9.53 Å². The molecule has 0 heterocycles. The predicted octanol–water partition coefficient (Wildman–Crippen LogP) is 7.59. The summed E-state index contributed by atoms with van der Waals surface area (Å²) < 4.78 is 8.39. The van der Waals surface area contributed by atoms with Crippen molar-refractivity contribution in [3.63, 3.8) is 0 Å². The average molecular weight is 673 g/mol. The first-order chi connectivity index (χ1) is 14.9. The Morgan fingerprint density at radius 3 is 2.52 bits per heavy atom. The van der Waals surface area contributed by atoms with Crippen molar-refractivity contribution in [3.05, 3.63) is 94.9 Å². The molecule has 0 unspecified atom stereocenters. The van der Waals surface area contributed by atoms with Crippen LogP contribution in [0.3, 0.4) is 0 Å². The number of nitrogens with zero attached hydrogens (tertiary/aromatic N) is 1. The standard InChI is InChI=1S/C23H14Br2ClIN2O2/c24-17-5-7-18(8-6-17)29-23(30)16(12-28)9-14-10-19(25)22(21(27)11-14)31-13-15-3-1-2-4-20(15)26/h1-11H,13H2,(H,29,30)/b16-9-. The Morgan fingerprint density at radius 2 is 1.87 bits per heavy atom. The third-order valence-electron chi connectivity index (χ3n) is 4.13. The normalized spacial score (nSPS) is 11.0. The molecule has 3 aromatic carbocycles. The smallest absolute Gasteiger partial charge is 0.266 e. The molecule has 0 saturated carbocycles. The number of hydrogen-bond acceptors (Lipinski definition) is 3. The number of carbonyl (C=O) groups is 1. The van der Waals surface area contributed by atoms with Gasteiger partial charge in [-0.05, 0) is 92.6 Å².